The lowest BCUT2D eigenvalue weighted by molar-refractivity contribution is -0.133. The summed E-state index contributed by atoms with van der Waals surface area (Å²) in [5.41, 5.74) is 1.94. The minimum absolute atomic E-state index is 0.280. The minimum atomic E-state index is -0.820. The van der Waals surface area contributed by atoms with Gasteiger partial charge in [-0.2, -0.15) is 11.8 Å². The first-order chi connectivity index (χ1) is 13.1. The summed E-state index contributed by atoms with van der Waals surface area (Å²) in [4.78, 5) is 38.1. The molecule has 0 radical (unpaired) electrons. The predicted octanol–water partition coefficient (Wildman–Crippen LogP) is 2.72. The van der Waals surface area contributed by atoms with Crippen LogP contribution in [0.15, 0.2) is 54.6 Å². The third kappa shape index (κ3) is 3.42. The molecule has 2 aliphatic heterocycles. The number of rotatable bonds is 4. The first-order valence-corrected chi connectivity index (χ1v) is 9.90. The molecule has 6 nitrogen and oxygen atoms in total. The summed E-state index contributed by atoms with van der Waals surface area (Å²) in [6, 6.07) is 16.9. The van der Waals surface area contributed by atoms with E-state index in [1.54, 1.807) is 23.9 Å². The van der Waals surface area contributed by atoms with E-state index in [1.807, 2.05) is 42.5 Å². The number of benzene rings is 2. The van der Waals surface area contributed by atoms with Crippen LogP contribution in [0.4, 0.5) is 10.5 Å². The van der Waals surface area contributed by atoms with Gasteiger partial charge in [0.2, 0.25) is 5.91 Å². The first kappa shape index (κ1) is 17.6. The second-order valence-corrected chi connectivity index (χ2v) is 7.80. The third-order valence-corrected chi connectivity index (χ3v) is 6.03. The Morgan fingerprint density at radius 2 is 1.78 bits per heavy atom. The van der Waals surface area contributed by atoms with Crippen LogP contribution < -0.4 is 10.6 Å². The van der Waals surface area contributed by atoms with Crippen molar-refractivity contribution in [2.45, 2.75) is 12.0 Å². The molecular weight excluding hydrogens is 362 g/mol. The second kappa shape index (κ2) is 7.08. The monoisotopic (exact) mass is 381 g/mol. The van der Waals surface area contributed by atoms with Crippen LogP contribution in [0, 0.1) is 0 Å². The van der Waals surface area contributed by atoms with Gasteiger partial charge in [-0.15, -0.1) is 0 Å². The molecular formula is C20H19N3O3S. The maximum absolute atomic E-state index is 12.6. The molecule has 138 valence electrons. The summed E-state index contributed by atoms with van der Waals surface area (Å²) in [5.74, 6) is 0.706. The van der Waals surface area contributed by atoms with Crippen LogP contribution in [0.1, 0.15) is 6.42 Å². The molecule has 2 saturated heterocycles. The normalized spacial score (nSPS) is 21.6. The number of hydrogen-bond donors (Lipinski definition) is 2. The maximum atomic E-state index is 12.6. The summed E-state index contributed by atoms with van der Waals surface area (Å²) < 4.78 is 0. The molecule has 4 amide bonds. The molecule has 2 aromatic rings. The zero-order valence-electron chi connectivity index (χ0n) is 14.6. The van der Waals surface area contributed by atoms with E-state index in [1.165, 1.54) is 0 Å². The summed E-state index contributed by atoms with van der Waals surface area (Å²) in [6.07, 6.45) is 0.612. The van der Waals surface area contributed by atoms with Crippen molar-refractivity contribution >= 4 is 35.3 Å². The van der Waals surface area contributed by atoms with Gasteiger partial charge < -0.3 is 10.6 Å². The predicted molar refractivity (Wildman–Crippen MR) is 105 cm³/mol. The smallest absolute Gasteiger partial charge is 0.325 e. The average molecular weight is 381 g/mol. The zero-order valence-corrected chi connectivity index (χ0v) is 15.4. The molecule has 7 heteroatoms. The number of thioether (sulfide) groups is 1. The Labute approximate surface area is 161 Å². The third-order valence-electron chi connectivity index (χ3n) is 4.85. The maximum Gasteiger partial charge on any atom is 0.325 e. The van der Waals surface area contributed by atoms with Crippen molar-refractivity contribution < 1.29 is 14.4 Å². The van der Waals surface area contributed by atoms with Crippen molar-refractivity contribution in [3.63, 3.8) is 0 Å². The lowest BCUT2D eigenvalue weighted by atomic mass is 9.99. The van der Waals surface area contributed by atoms with Gasteiger partial charge in [0.05, 0.1) is 0 Å². The van der Waals surface area contributed by atoms with E-state index in [0.717, 1.165) is 21.8 Å². The van der Waals surface area contributed by atoms with Crippen molar-refractivity contribution in [1.82, 2.24) is 10.2 Å². The van der Waals surface area contributed by atoms with Gasteiger partial charge in [0.1, 0.15) is 12.1 Å². The van der Waals surface area contributed by atoms with Gasteiger partial charge in [-0.25, -0.2) is 4.79 Å². The highest BCUT2D eigenvalue weighted by Crippen LogP contribution is 2.33. The number of nitrogens with zero attached hydrogens (tertiary/aromatic N) is 1. The van der Waals surface area contributed by atoms with Crippen molar-refractivity contribution in [2.24, 2.45) is 0 Å². The molecule has 0 bridgehead atoms. The van der Waals surface area contributed by atoms with Crippen molar-refractivity contribution in [2.75, 3.05) is 23.4 Å². The van der Waals surface area contributed by atoms with Crippen molar-refractivity contribution in [3.8, 4) is 11.1 Å². The summed E-state index contributed by atoms with van der Waals surface area (Å²) in [5, 5.41) is 5.51. The highest BCUT2D eigenvalue weighted by atomic mass is 32.2. The van der Waals surface area contributed by atoms with E-state index in [2.05, 4.69) is 10.6 Å². The van der Waals surface area contributed by atoms with E-state index in [0.29, 0.717) is 17.9 Å². The summed E-state index contributed by atoms with van der Waals surface area (Å²) in [7, 11) is 0. The topological polar surface area (TPSA) is 78.5 Å². The van der Waals surface area contributed by atoms with Crippen LogP contribution in [0.5, 0.6) is 0 Å². The van der Waals surface area contributed by atoms with Crippen molar-refractivity contribution in [3.05, 3.63) is 54.6 Å². The number of carbonyl (C=O) groups is 3. The molecule has 0 saturated carbocycles. The van der Waals surface area contributed by atoms with E-state index in [4.69, 9.17) is 0 Å². The molecule has 1 atom stereocenters. The number of anilines is 1. The fourth-order valence-electron chi connectivity index (χ4n) is 3.37. The van der Waals surface area contributed by atoms with Crippen LogP contribution in [0.25, 0.3) is 11.1 Å². The Hall–Kier alpha value is -2.80. The van der Waals surface area contributed by atoms with Crippen LogP contribution in [0.2, 0.25) is 0 Å². The number of urea groups is 1. The molecule has 1 unspecified atom stereocenters. The number of hydrogen-bond acceptors (Lipinski definition) is 4. The molecule has 4 rings (SSSR count). The number of carbonyl (C=O) groups excluding carboxylic acids is 3. The molecule has 2 fully saturated rings. The molecule has 2 heterocycles. The van der Waals surface area contributed by atoms with Crippen LogP contribution in [-0.4, -0.2) is 46.3 Å². The molecule has 27 heavy (non-hydrogen) atoms. The summed E-state index contributed by atoms with van der Waals surface area (Å²) >= 11 is 1.64. The van der Waals surface area contributed by atoms with Gasteiger partial charge in [-0.05, 0) is 35.4 Å². The van der Waals surface area contributed by atoms with E-state index < -0.39 is 17.5 Å². The molecule has 2 aromatic carbocycles. The van der Waals surface area contributed by atoms with Crippen LogP contribution in [-0.2, 0) is 9.59 Å². The van der Waals surface area contributed by atoms with Gasteiger partial charge in [-0.3, -0.25) is 14.5 Å². The Kier molecular flexibility index (Phi) is 4.61. The van der Waals surface area contributed by atoms with E-state index >= 15 is 0 Å². The van der Waals surface area contributed by atoms with E-state index in [9.17, 15) is 14.4 Å². The number of nitrogens with one attached hydrogen (secondary N) is 2. The first-order valence-electron chi connectivity index (χ1n) is 8.75. The molecule has 2 aliphatic rings. The SMILES string of the molecule is O=C(CN1C(=O)NC2(CCSC2)C1=O)Nc1ccc(-c2ccccc2)cc1. The average Bonchev–Trinajstić information content (AvgIpc) is 3.24. The molecule has 0 aromatic heterocycles. The van der Waals surface area contributed by atoms with Crippen LogP contribution >= 0.6 is 11.8 Å². The lowest BCUT2D eigenvalue weighted by Gasteiger charge is -2.19. The zero-order chi connectivity index (χ0) is 18.9. The van der Waals surface area contributed by atoms with Crippen molar-refractivity contribution in [1.29, 1.82) is 0 Å². The second-order valence-electron chi connectivity index (χ2n) is 6.70. The fraction of sp³-hybridized carbons (Fsp3) is 0.250. The fourth-order valence-corrected chi connectivity index (χ4v) is 4.70. The molecule has 1 spiro atoms. The van der Waals surface area contributed by atoms with Gasteiger partial charge >= 0.3 is 6.03 Å². The summed E-state index contributed by atoms with van der Waals surface area (Å²) in [6.45, 7) is -0.280. The number of imide groups is 1. The van der Waals surface area contributed by atoms with Gasteiger partial charge in [0.15, 0.2) is 0 Å². The quantitative estimate of drug-likeness (QED) is 0.799. The molecule has 2 N–H and O–H groups in total. The van der Waals surface area contributed by atoms with Gasteiger partial charge in [0, 0.05) is 11.4 Å². The molecule has 0 aliphatic carbocycles. The Morgan fingerprint density at radius 3 is 2.44 bits per heavy atom. The Balaban J connectivity index is 1.40. The van der Waals surface area contributed by atoms with Gasteiger partial charge in [-0.1, -0.05) is 42.5 Å². The van der Waals surface area contributed by atoms with E-state index in [-0.39, 0.29) is 12.5 Å². The Bertz CT molecular complexity index is 877. The number of amides is 4. The Morgan fingerprint density at radius 1 is 1.07 bits per heavy atom. The van der Waals surface area contributed by atoms with Crippen LogP contribution in [0.3, 0.4) is 0 Å². The van der Waals surface area contributed by atoms with Gasteiger partial charge in [0.25, 0.3) is 5.91 Å². The standard InChI is InChI=1S/C20H19N3O3S/c24-17(12-23-18(25)20(22-19(23)26)10-11-27-13-20)21-16-8-6-15(7-9-16)14-4-2-1-3-5-14/h1-9H,10-13H2,(H,21,24)(H,22,26). The largest absolute Gasteiger partial charge is 0.325 e. The minimum Gasteiger partial charge on any atom is -0.325 e. The highest BCUT2D eigenvalue weighted by molar-refractivity contribution is 7.99. The highest BCUT2D eigenvalue weighted by Gasteiger charge is 2.53. The lowest BCUT2D eigenvalue weighted by Crippen LogP contribution is -2.47.